The lowest BCUT2D eigenvalue weighted by Gasteiger charge is -2.11. The van der Waals surface area contributed by atoms with Gasteiger partial charge in [-0.15, -0.1) is 0 Å². The van der Waals surface area contributed by atoms with Crippen LogP contribution in [0.3, 0.4) is 0 Å². The zero-order valence-electron chi connectivity index (χ0n) is 9.73. The molecule has 2 unspecified atom stereocenters. The van der Waals surface area contributed by atoms with Gasteiger partial charge in [0, 0.05) is 0 Å². The third-order valence-corrected chi connectivity index (χ3v) is 2.72. The van der Waals surface area contributed by atoms with Crippen molar-refractivity contribution in [2.75, 3.05) is 0 Å². The van der Waals surface area contributed by atoms with Crippen molar-refractivity contribution in [3.05, 3.63) is 29.8 Å². The van der Waals surface area contributed by atoms with Gasteiger partial charge in [0.05, 0.1) is 12.2 Å². The molecule has 16 heavy (non-hydrogen) atoms. The van der Waals surface area contributed by atoms with Crippen LogP contribution in [0.15, 0.2) is 24.3 Å². The molecular weight excluding hydrogens is 202 g/mol. The molecule has 0 aromatic heterocycles. The number of rotatable bonds is 3. The number of ether oxygens (including phenoxy) is 2. The van der Waals surface area contributed by atoms with E-state index in [9.17, 15) is 0 Å². The minimum absolute atomic E-state index is 0.172. The molecule has 0 radical (unpaired) electrons. The van der Waals surface area contributed by atoms with Crippen molar-refractivity contribution in [1.29, 1.82) is 5.26 Å². The smallest absolute Gasteiger partial charge is 0.178 e. The molecule has 1 heterocycles. The topological polar surface area (TPSA) is 45.5 Å². The van der Waals surface area contributed by atoms with Gasteiger partial charge >= 0.3 is 0 Å². The largest absolute Gasteiger partial charge is 0.491 e. The maximum atomic E-state index is 8.78. The number of nitriles is 1. The van der Waals surface area contributed by atoms with E-state index in [1.807, 2.05) is 45.0 Å². The summed E-state index contributed by atoms with van der Waals surface area (Å²) >= 11 is 0. The molecule has 3 heteroatoms. The third kappa shape index (κ3) is 1.89. The molecule has 1 fully saturated rings. The highest BCUT2D eigenvalue weighted by molar-refractivity contribution is 5.36. The molecule has 0 N–H and O–H groups in total. The van der Waals surface area contributed by atoms with Crippen LogP contribution < -0.4 is 4.74 Å². The third-order valence-electron chi connectivity index (χ3n) is 2.72. The Morgan fingerprint density at radius 3 is 2.44 bits per heavy atom. The number of hydrogen-bond acceptors (Lipinski definition) is 3. The van der Waals surface area contributed by atoms with E-state index < -0.39 is 5.60 Å². The van der Waals surface area contributed by atoms with Crippen LogP contribution in [0.2, 0.25) is 0 Å². The molecule has 2 atom stereocenters. The van der Waals surface area contributed by atoms with Crippen molar-refractivity contribution in [3.63, 3.8) is 0 Å². The van der Waals surface area contributed by atoms with Crippen molar-refractivity contribution >= 4 is 0 Å². The average Bonchev–Trinajstić information content (AvgIpc) is 2.91. The Morgan fingerprint density at radius 2 is 2.00 bits per heavy atom. The van der Waals surface area contributed by atoms with E-state index in [-0.39, 0.29) is 12.2 Å². The summed E-state index contributed by atoms with van der Waals surface area (Å²) in [7, 11) is 0. The van der Waals surface area contributed by atoms with Crippen LogP contribution in [0.1, 0.15) is 26.3 Å². The summed E-state index contributed by atoms with van der Waals surface area (Å²) in [6.45, 7) is 5.91. The van der Waals surface area contributed by atoms with Crippen molar-refractivity contribution in [2.24, 2.45) is 0 Å². The van der Waals surface area contributed by atoms with Gasteiger partial charge in [0.1, 0.15) is 11.4 Å². The van der Waals surface area contributed by atoms with Crippen LogP contribution >= 0.6 is 0 Å². The number of hydrogen-bond donors (Lipinski definition) is 0. The lowest BCUT2D eigenvalue weighted by molar-refractivity contribution is 0.242. The van der Waals surface area contributed by atoms with E-state index in [0.29, 0.717) is 0 Å². The van der Waals surface area contributed by atoms with E-state index in [1.165, 1.54) is 0 Å². The molecule has 0 saturated carbocycles. The van der Waals surface area contributed by atoms with Gasteiger partial charge in [-0.2, -0.15) is 5.26 Å². The molecule has 0 aliphatic carbocycles. The van der Waals surface area contributed by atoms with Gasteiger partial charge in [-0.05, 0) is 38.5 Å². The number of benzene rings is 1. The fourth-order valence-corrected chi connectivity index (χ4v) is 1.72. The standard InChI is InChI=1S/C13H15NO2/c1-9(2)15-11-6-4-10(5-7-11)13(3)12(8-14)16-13/h4-7,9,12H,1-3H3. The quantitative estimate of drug-likeness (QED) is 0.731. The molecule has 1 aromatic rings. The summed E-state index contributed by atoms with van der Waals surface area (Å²) in [5, 5.41) is 8.78. The molecular formula is C13H15NO2. The second kappa shape index (κ2) is 3.80. The normalized spacial score (nSPS) is 27.6. The molecule has 1 aliphatic rings. The first kappa shape index (κ1) is 11.0. The monoisotopic (exact) mass is 217 g/mol. The molecule has 1 aromatic carbocycles. The second-order valence-corrected chi connectivity index (χ2v) is 4.43. The average molecular weight is 217 g/mol. The number of epoxide rings is 1. The summed E-state index contributed by atoms with van der Waals surface area (Å²) in [6.07, 6.45) is -0.144. The van der Waals surface area contributed by atoms with E-state index in [1.54, 1.807) is 0 Å². The first-order chi connectivity index (χ1) is 7.56. The molecule has 2 rings (SSSR count). The predicted octanol–water partition coefficient (Wildman–Crippen LogP) is 2.61. The first-order valence-electron chi connectivity index (χ1n) is 5.41. The fraction of sp³-hybridized carbons (Fsp3) is 0.462. The van der Waals surface area contributed by atoms with Crippen LogP contribution in [0.5, 0.6) is 5.75 Å². The van der Waals surface area contributed by atoms with Gasteiger partial charge in [0.15, 0.2) is 6.10 Å². The fourth-order valence-electron chi connectivity index (χ4n) is 1.72. The summed E-state index contributed by atoms with van der Waals surface area (Å²) in [5.41, 5.74) is 0.598. The molecule has 1 saturated heterocycles. The molecule has 84 valence electrons. The van der Waals surface area contributed by atoms with Gasteiger partial charge in [-0.1, -0.05) is 12.1 Å². The van der Waals surface area contributed by atoms with E-state index in [0.717, 1.165) is 11.3 Å². The van der Waals surface area contributed by atoms with Gasteiger partial charge in [-0.3, -0.25) is 0 Å². The van der Waals surface area contributed by atoms with Gasteiger partial charge in [0.2, 0.25) is 0 Å². The van der Waals surface area contributed by atoms with Crippen LogP contribution in [0.25, 0.3) is 0 Å². The Bertz CT molecular complexity index is 419. The maximum absolute atomic E-state index is 8.78. The Hall–Kier alpha value is -1.53. The van der Waals surface area contributed by atoms with Crippen LogP contribution in [0.4, 0.5) is 0 Å². The number of nitrogens with zero attached hydrogens (tertiary/aromatic N) is 1. The van der Waals surface area contributed by atoms with Crippen molar-refractivity contribution in [1.82, 2.24) is 0 Å². The summed E-state index contributed by atoms with van der Waals surface area (Å²) in [6, 6.07) is 9.85. The molecule has 0 spiro atoms. The van der Waals surface area contributed by atoms with Crippen molar-refractivity contribution < 1.29 is 9.47 Å². The molecule has 0 bridgehead atoms. The summed E-state index contributed by atoms with van der Waals surface area (Å²) < 4.78 is 10.9. The van der Waals surface area contributed by atoms with Crippen LogP contribution in [-0.2, 0) is 10.3 Å². The Morgan fingerprint density at radius 1 is 1.38 bits per heavy atom. The minimum atomic E-state index is -0.425. The Labute approximate surface area is 95.6 Å². The Balaban J connectivity index is 2.12. The van der Waals surface area contributed by atoms with E-state index in [2.05, 4.69) is 6.07 Å². The van der Waals surface area contributed by atoms with Crippen molar-refractivity contribution in [2.45, 2.75) is 38.6 Å². The van der Waals surface area contributed by atoms with E-state index in [4.69, 9.17) is 14.7 Å². The molecule has 1 aliphatic heterocycles. The zero-order valence-corrected chi connectivity index (χ0v) is 9.73. The second-order valence-electron chi connectivity index (χ2n) is 4.43. The highest BCUT2D eigenvalue weighted by Gasteiger charge is 2.54. The van der Waals surface area contributed by atoms with Gasteiger partial charge in [0.25, 0.3) is 0 Å². The first-order valence-corrected chi connectivity index (χ1v) is 5.41. The summed E-state index contributed by atoms with van der Waals surface area (Å²) in [4.78, 5) is 0. The predicted molar refractivity (Wildman–Crippen MR) is 60.0 cm³/mol. The molecule has 3 nitrogen and oxygen atoms in total. The maximum Gasteiger partial charge on any atom is 0.178 e. The minimum Gasteiger partial charge on any atom is -0.491 e. The SMILES string of the molecule is CC(C)Oc1ccc(C2(C)OC2C#N)cc1. The van der Waals surface area contributed by atoms with Crippen molar-refractivity contribution in [3.8, 4) is 11.8 Å². The lowest BCUT2D eigenvalue weighted by atomic mass is 9.98. The van der Waals surface area contributed by atoms with E-state index >= 15 is 0 Å². The summed E-state index contributed by atoms with van der Waals surface area (Å²) in [5.74, 6) is 0.844. The van der Waals surface area contributed by atoms with Crippen LogP contribution in [0, 0.1) is 11.3 Å². The lowest BCUT2D eigenvalue weighted by Crippen LogP contribution is -2.08. The van der Waals surface area contributed by atoms with Crippen LogP contribution in [-0.4, -0.2) is 12.2 Å². The zero-order chi connectivity index (χ0) is 11.8. The highest BCUT2D eigenvalue weighted by Crippen LogP contribution is 2.45. The van der Waals surface area contributed by atoms with Gasteiger partial charge in [-0.25, -0.2) is 0 Å². The molecule has 0 amide bonds. The van der Waals surface area contributed by atoms with Gasteiger partial charge < -0.3 is 9.47 Å². The highest BCUT2D eigenvalue weighted by atomic mass is 16.6. The Kier molecular flexibility index (Phi) is 2.61.